The first kappa shape index (κ1) is 25.5. The van der Waals surface area contributed by atoms with Crippen LogP contribution in [0.15, 0.2) is 34.9 Å². The Bertz CT molecular complexity index is 1060. The number of carbonyl (C=O) groups excluding carboxylic acids is 1. The van der Waals surface area contributed by atoms with Crippen molar-refractivity contribution in [3.05, 3.63) is 40.5 Å². The first-order valence-electron chi connectivity index (χ1n) is 11.0. The Balaban J connectivity index is 2.22. The minimum atomic E-state index is -0.921. The Labute approximate surface area is 200 Å². The van der Waals surface area contributed by atoms with E-state index in [0.717, 1.165) is 0 Å². The van der Waals surface area contributed by atoms with Crippen LogP contribution < -0.4 is 20.7 Å². The molecule has 2 N–H and O–H groups in total. The van der Waals surface area contributed by atoms with Crippen LogP contribution in [0.25, 0.3) is 0 Å². The summed E-state index contributed by atoms with van der Waals surface area (Å²) in [6, 6.07) is 5.57. The fourth-order valence-electron chi connectivity index (χ4n) is 4.00. The third kappa shape index (κ3) is 4.21. The van der Waals surface area contributed by atoms with Crippen molar-refractivity contribution in [3.8, 4) is 17.6 Å². The zero-order chi connectivity index (χ0) is 25.4. The van der Waals surface area contributed by atoms with Gasteiger partial charge in [0.1, 0.15) is 28.9 Å². The molecule has 1 aromatic rings. The molecule has 182 valence electrons. The quantitative estimate of drug-likeness (QED) is 0.494. The zero-order valence-corrected chi connectivity index (χ0v) is 20.9. The Kier molecular flexibility index (Phi) is 6.92. The van der Waals surface area contributed by atoms with Crippen molar-refractivity contribution in [2.75, 3.05) is 20.8 Å². The van der Waals surface area contributed by atoms with Crippen molar-refractivity contribution in [3.63, 3.8) is 0 Å². The molecule has 2 aliphatic heterocycles. The second-order valence-corrected chi connectivity index (χ2v) is 9.04. The van der Waals surface area contributed by atoms with Crippen LogP contribution in [-0.2, 0) is 23.6 Å². The molecule has 0 amide bonds. The molecule has 2 aliphatic rings. The van der Waals surface area contributed by atoms with Gasteiger partial charge in [0.15, 0.2) is 0 Å². The van der Waals surface area contributed by atoms with Gasteiger partial charge < -0.3 is 34.0 Å². The average molecular weight is 470 g/mol. The molecule has 9 nitrogen and oxygen atoms in total. The SMILES string of the molecule is CCOC(=O)C1=C(C)OC(N)=C(C#N)C1c1c(OC)cc(B2OC(C)(C)C(C)(C)O2)cc1OC. The van der Waals surface area contributed by atoms with Gasteiger partial charge in [-0.1, -0.05) is 0 Å². The van der Waals surface area contributed by atoms with E-state index in [-0.39, 0.29) is 29.4 Å². The molecular weight excluding hydrogens is 439 g/mol. The van der Waals surface area contributed by atoms with Gasteiger partial charge in [0.05, 0.1) is 43.5 Å². The average Bonchev–Trinajstić information content (AvgIpc) is 2.99. The van der Waals surface area contributed by atoms with Gasteiger partial charge in [-0.15, -0.1) is 0 Å². The zero-order valence-electron chi connectivity index (χ0n) is 20.9. The van der Waals surface area contributed by atoms with Crippen molar-refractivity contribution < 1.29 is 33.1 Å². The van der Waals surface area contributed by atoms with Gasteiger partial charge in [0.2, 0.25) is 5.88 Å². The highest BCUT2D eigenvalue weighted by Gasteiger charge is 2.52. The van der Waals surface area contributed by atoms with E-state index in [0.29, 0.717) is 22.5 Å². The van der Waals surface area contributed by atoms with Crippen molar-refractivity contribution in [2.45, 2.75) is 58.7 Å². The normalized spacial score (nSPS) is 21.1. The highest BCUT2D eigenvalue weighted by atomic mass is 16.7. The molecule has 0 aromatic heterocycles. The lowest BCUT2D eigenvalue weighted by molar-refractivity contribution is -0.139. The lowest BCUT2D eigenvalue weighted by Crippen LogP contribution is -2.41. The molecule has 1 saturated heterocycles. The van der Waals surface area contributed by atoms with Crippen LogP contribution in [0.2, 0.25) is 0 Å². The molecule has 1 unspecified atom stereocenters. The van der Waals surface area contributed by atoms with Crippen LogP contribution >= 0.6 is 0 Å². The third-order valence-corrected chi connectivity index (χ3v) is 6.48. The van der Waals surface area contributed by atoms with Gasteiger partial charge in [-0.3, -0.25) is 0 Å². The first-order valence-corrected chi connectivity index (χ1v) is 11.0. The summed E-state index contributed by atoms with van der Waals surface area (Å²) in [5.41, 5.74) is 6.26. The number of benzene rings is 1. The maximum atomic E-state index is 12.9. The standard InChI is InChI=1S/C24H31BN2O7/c1-9-31-22(28)18-13(2)32-21(27)15(12-26)19(18)20-16(29-7)10-14(11-17(20)30-8)25-33-23(3,4)24(5,6)34-25/h10-11,19H,9,27H2,1-8H3. The van der Waals surface area contributed by atoms with E-state index in [1.165, 1.54) is 14.2 Å². The summed E-state index contributed by atoms with van der Waals surface area (Å²) in [5, 5.41) is 9.91. The predicted octanol–water partition coefficient (Wildman–Crippen LogP) is 2.65. The Morgan fingerprint density at radius 1 is 1.15 bits per heavy atom. The van der Waals surface area contributed by atoms with Gasteiger partial charge in [-0.25, -0.2) is 4.79 Å². The highest BCUT2D eigenvalue weighted by Crippen LogP contribution is 2.47. The van der Waals surface area contributed by atoms with E-state index >= 15 is 0 Å². The van der Waals surface area contributed by atoms with Crippen LogP contribution in [0.1, 0.15) is 53.0 Å². The molecular formula is C24H31BN2O7. The smallest absolute Gasteiger partial charge is 0.495 e. The maximum Gasteiger partial charge on any atom is 0.495 e. The highest BCUT2D eigenvalue weighted by molar-refractivity contribution is 6.62. The van der Waals surface area contributed by atoms with E-state index in [1.54, 1.807) is 26.0 Å². The molecule has 1 fully saturated rings. The molecule has 0 aliphatic carbocycles. The Morgan fingerprint density at radius 2 is 1.68 bits per heavy atom. The molecule has 0 spiro atoms. The number of ether oxygens (including phenoxy) is 4. The molecule has 34 heavy (non-hydrogen) atoms. The Morgan fingerprint density at radius 3 is 2.12 bits per heavy atom. The van der Waals surface area contributed by atoms with Gasteiger partial charge in [-0.2, -0.15) is 5.26 Å². The summed E-state index contributed by atoms with van der Waals surface area (Å²) in [7, 11) is 2.31. The molecule has 3 rings (SSSR count). The molecule has 0 radical (unpaired) electrons. The van der Waals surface area contributed by atoms with Crippen molar-refractivity contribution >= 4 is 18.6 Å². The van der Waals surface area contributed by atoms with Crippen LogP contribution in [0.5, 0.6) is 11.5 Å². The molecule has 0 saturated carbocycles. The number of esters is 1. The van der Waals surface area contributed by atoms with E-state index < -0.39 is 30.2 Å². The van der Waals surface area contributed by atoms with Gasteiger partial charge in [-0.05, 0) is 59.1 Å². The van der Waals surface area contributed by atoms with E-state index in [1.807, 2.05) is 27.7 Å². The molecule has 2 heterocycles. The van der Waals surface area contributed by atoms with Gasteiger partial charge in [0, 0.05) is 5.56 Å². The number of nitriles is 1. The number of hydrogen-bond acceptors (Lipinski definition) is 9. The van der Waals surface area contributed by atoms with Crippen molar-refractivity contribution in [1.82, 2.24) is 0 Å². The van der Waals surface area contributed by atoms with Crippen molar-refractivity contribution in [2.24, 2.45) is 5.73 Å². The second-order valence-electron chi connectivity index (χ2n) is 9.04. The molecule has 0 bridgehead atoms. The van der Waals surface area contributed by atoms with E-state index in [9.17, 15) is 10.1 Å². The van der Waals surface area contributed by atoms with Crippen LogP contribution in [0.3, 0.4) is 0 Å². The summed E-state index contributed by atoms with van der Waals surface area (Å²) in [6.07, 6.45) is 0. The number of methoxy groups -OCH3 is 2. The van der Waals surface area contributed by atoms with E-state index in [4.69, 9.17) is 34.0 Å². The lowest BCUT2D eigenvalue weighted by atomic mass is 9.75. The summed E-state index contributed by atoms with van der Waals surface area (Å²) < 4.78 is 34.6. The fraction of sp³-hybridized carbons (Fsp3) is 0.500. The summed E-state index contributed by atoms with van der Waals surface area (Å²) in [5.74, 6) is -0.673. The molecule has 1 aromatic carbocycles. The predicted molar refractivity (Wildman–Crippen MR) is 125 cm³/mol. The van der Waals surface area contributed by atoms with Crippen LogP contribution in [0.4, 0.5) is 0 Å². The van der Waals surface area contributed by atoms with E-state index in [2.05, 4.69) is 6.07 Å². The topological polar surface area (TPSA) is 122 Å². The van der Waals surface area contributed by atoms with Crippen LogP contribution in [0, 0.1) is 11.3 Å². The van der Waals surface area contributed by atoms with Gasteiger partial charge >= 0.3 is 13.1 Å². The number of carbonyl (C=O) groups is 1. The Hall–Kier alpha value is -3.16. The molecule has 1 atom stereocenters. The number of rotatable bonds is 6. The summed E-state index contributed by atoms with van der Waals surface area (Å²) in [4.78, 5) is 12.9. The van der Waals surface area contributed by atoms with Crippen molar-refractivity contribution in [1.29, 1.82) is 5.26 Å². The fourth-order valence-corrected chi connectivity index (χ4v) is 4.00. The lowest BCUT2D eigenvalue weighted by Gasteiger charge is -2.32. The monoisotopic (exact) mass is 470 g/mol. The van der Waals surface area contributed by atoms with Crippen LogP contribution in [-0.4, -0.2) is 45.1 Å². The largest absolute Gasteiger partial charge is 0.496 e. The number of allylic oxidation sites excluding steroid dienone is 2. The first-order chi connectivity index (χ1) is 15.9. The minimum Gasteiger partial charge on any atom is -0.496 e. The minimum absolute atomic E-state index is 0.0497. The maximum absolute atomic E-state index is 12.9. The third-order valence-electron chi connectivity index (χ3n) is 6.48. The number of nitrogens with zero attached hydrogens (tertiary/aromatic N) is 1. The number of hydrogen-bond donors (Lipinski definition) is 1. The summed E-state index contributed by atoms with van der Waals surface area (Å²) in [6.45, 7) is 11.3. The second kappa shape index (κ2) is 9.24. The number of nitrogens with two attached hydrogens (primary N) is 1. The van der Waals surface area contributed by atoms with Gasteiger partial charge in [0.25, 0.3) is 0 Å². The molecule has 10 heteroatoms. The summed E-state index contributed by atoms with van der Waals surface area (Å²) >= 11 is 0.